The fourth-order valence-electron chi connectivity index (χ4n) is 1.96. The van der Waals surface area contributed by atoms with E-state index in [1.54, 1.807) is 36.4 Å². The van der Waals surface area contributed by atoms with Gasteiger partial charge in [0.25, 0.3) is 5.91 Å². The van der Waals surface area contributed by atoms with Crippen LogP contribution in [-0.2, 0) is 4.79 Å². The summed E-state index contributed by atoms with van der Waals surface area (Å²) in [5.41, 5.74) is 3.55. The van der Waals surface area contributed by atoms with E-state index in [0.29, 0.717) is 22.6 Å². The van der Waals surface area contributed by atoms with Crippen molar-refractivity contribution in [1.82, 2.24) is 5.43 Å². The smallest absolute Gasteiger partial charge is 0.344 e. The summed E-state index contributed by atoms with van der Waals surface area (Å²) in [7, 11) is 1.45. The Balaban J connectivity index is 2.06. The van der Waals surface area contributed by atoms with E-state index in [9.17, 15) is 9.59 Å². The number of carboxylic acid groups (broad SMARTS) is 1. The lowest BCUT2D eigenvalue weighted by Gasteiger charge is -2.14. The number of rotatable bonds is 7. The molecule has 0 saturated carbocycles. The van der Waals surface area contributed by atoms with Gasteiger partial charge in [0.2, 0.25) is 0 Å². The van der Waals surface area contributed by atoms with Gasteiger partial charge < -0.3 is 14.6 Å². The molecule has 1 amide bonds. The van der Waals surface area contributed by atoms with Crippen LogP contribution in [0.3, 0.4) is 0 Å². The molecule has 0 aliphatic carbocycles. The van der Waals surface area contributed by atoms with E-state index in [0.717, 1.165) is 4.47 Å². The van der Waals surface area contributed by atoms with Gasteiger partial charge in [-0.3, -0.25) is 4.79 Å². The largest absolute Gasteiger partial charge is 0.493 e. The third-order valence-corrected chi connectivity index (χ3v) is 3.80. The Kier molecular flexibility index (Phi) is 6.74. The number of aliphatic carboxylic acids is 1. The lowest BCUT2D eigenvalue weighted by molar-refractivity contribution is -0.144. The first-order valence-corrected chi connectivity index (χ1v) is 8.36. The van der Waals surface area contributed by atoms with Crippen LogP contribution >= 0.6 is 15.9 Å². The molecule has 8 heteroatoms. The molecule has 26 heavy (non-hydrogen) atoms. The predicted octanol–water partition coefficient (Wildman–Crippen LogP) is 3.07. The summed E-state index contributed by atoms with van der Waals surface area (Å²) in [4.78, 5) is 22.9. The number of benzene rings is 2. The number of nitrogens with zero attached hydrogens (tertiary/aromatic N) is 1. The molecule has 0 saturated heterocycles. The highest BCUT2D eigenvalue weighted by molar-refractivity contribution is 9.10. The molecule has 0 fully saturated rings. The van der Waals surface area contributed by atoms with Gasteiger partial charge in [-0.1, -0.05) is 22.0 Å². The van der Waals surface area contributed by atoms with Crippen molar-refractivity contribution < 1.29 is 24.2 Å². The van der Waals surface area contributed by atoms with Crippen molar-refractivity contribution in [2.24, 2.45) is 5.10 Å². The number of hydrazone groups is 1. The van der Waals surface area contributed by atoms with E-state index in [-0.39, 0.29) is 5.91 Å². The number of hydrogen-bond acceptors (Lipinski definition) is 5. The van der Waals surface area contributed by atoms with Crippen molar-refractivity contribution in [3.63, 3.8) is 0 Å². The number of hydrogen-bond donors (Lipinski definition) is 2. The number of ether oxygens (including phenoxy) is 2. The zero-order valence-electron chi connectivity index (χ0n) is 14.1. The Morgan fingerprint density at radius 2 is 2.00 bits per heavy atom. The van der Waals surface area contributed by atoms with Crippen molar-refractivity contribution in [3.05, 3.63) is 58.1 Å². The zero-order valence-corrected chi connectivity index (χ0v) is 15.7. The SMILES string of the molecule is COc1cc(/C=N\NC(=O)c2cccc(Br)c2)ccc1O[C@@H](C)C(=O)O. The molecule has 1 atom stereocenters. The van der Waals surface area contributed by atoms with Gasteiger partial charge >= 0.3 is 5.97 Å². The molecule has 2 aromatic rings. The predicted molar refractivity (Wildman–Crippen MR) is 99.9 cm³/mol. The fourth-order valence-corrected chi connectivity index (χ4v) is 2.36. The van der Waals surface area contributed by atoms with Crippen LogP contribution in [0.25, 0.3) is 0 Å². The van der Waals surface area contributed by atoms with Gasteiger partial charge in [0, 0.05) is 10.0 Å². The molecule has 0 aliphatic rings. The van der Waals surface area contributed by atoms with Gasteiger partial charge in [-0.15, -0.1) is 0 Å². The van der Waals surface area contributed by atoms with Gasteiger partial charge in [-0.05, 0) is 48.9 Å². The normalized spacial score (nSPS) is 11.8. The third-order valence-electron chi connectivity index (χ3n) is 3.31. The highest BCUT2D eigenvalue weighted by Gasteiger charge is 2.15. The summed E-state index contributed by atoms with van der Waals surface area (Å²) in [6.07, 6.45) is 0.441. The first-order chi connectivity index (χ1) is 12.4. The van der Waals surface area contributed by atoms with E-state index < -0.39 is 12.1 Å². The third kappa shape index (κ3) is 5.32. The molecule has 0 bridgehead atoms. The lowest BCUT2D eigenvalue weighted by Crippen LogP contribution is -2.23. The zero-order chi connectivity index (χ0) is 19.1. The fraction of sp³-hybridized carbons (Fsp3) is 0.167. The number of carboxylic acids is 1. The maximum Gasteiger partial charge on any atom is 0.344 e. The number of amides is 1. The van der Waals surface area contributed by atoms with Crippen LogP contribution in [0.5, 0.6) is 11.5 Å². The van der Waals surface area contributed by atoms with Crippen LogP contribution in [0, 0.1) is 0 Å². The molecule has 2 rings (SSSR count). The minimum Gasteiger partial charge on any atom is -0.493 e. The van der Waals surface area contributed by atoms with Crippen LogP contribution in [0.4, 0.5) is 0 Å². The van der Waals surface area contributed by atoms with Gasteiger partial charge in [0.15, 0.2) is 17.6 Å². The first kappa shape index (κ1) is 19.5. The summed E-state index contributed by atoms with van der Waals surface area (Å²) in [5.74, 6) is -0.754. The molecule has 0 aliphatic heterocycles. The molecule has 0 heterocycles. The number of halogens is 1. The van der Waals surface area contributed by atoms with E-state index in [1.165, 1.54) is 20.2 Å². The molecule has 0 spiro atoms. The molecular weight excluding hydrogens is 404 g/mol. The summed E-state index contributed by atoms with van der Waals surface area (Å²) >= 11 is 3.30. The molecule has 2 N–H and O–H groups in total. The number of methoxy groups -OCH3 is 1. The maximum atomic E-state index is 12.0. The Morgan fingerprint density at radius 1 is 1.23 bits per heavy atom. The second-order valence-corrected chi connectivity index (χ2v) is 6.13. The Bertz CT molecular complexity index is 838. The summed E-state index contributed by atoms with van der Waals surface area (Å²) < 4.78 is 11.3. The molecule has 0 radical (unpaired) electrons. The Labute approximate surface area is 158 Å². The summed E-state index contributed by atoms with van der Waals surface area (Å²) in [6, 6.07) is 11.8. The monoisotopic (exact) mass is 420 g/mol. The van der Waals surface area contributed by atoms with Crippen molar-refractivity contribution >= 4 is 34.0 Å². The highest BCUT2D eigenvalue weighted by Crippen LogP contribution is 2.28. The lowest BCUT2D eigenvalue weighted by atomic mass is 10.2. The van der Waals surface area contributed by atoms with Crippen LogP contribution < -0.4 is 14.9 Å². The van der Waals surface area contributed by atoms with Crippen molar-refractivity contribution in [2.45, 2.75) is 13.0 Å². The van der Waals surface area contributed by atoms with E-state index in [4.69, 9.17) is 14.6 Å². The molecule has 7 nitrogen and oxygen atoms in total. The van der Waals surface area contributed by atoms with Gasteiger partial charge in [0.05, 0.1) is 13.3 Å². The maximum absolute atomic E-state index is 12.0. The van der Waals surface area contributed by atoms with Crippen molar-refractivity contribution in [1.29, 1.82) is 0 Å². The second kappa shape index (κ2) is 9.00. The summed E-state index contributed by atoms with van der Waals surface area (Å²) in [5, 5.41) is 12.8. The van der Waals surface area contributed by atoms with E-state index >= 15 is 0 Å². The highest BCUT2D eigenvalue weighted by atomic mass is 79.9. The average Bonchev–Trinajstić information content (AvgIpc) is 2.62. The van der Waals surface area contributed by atoms with Gasteiger partial charge in [0.1, 0.15) is 0 Å². The van der Waals surface area contributed by atoms with Crippen molar-refractivity contribution in [3.8, 4) is 11.5 Å². The quantitative estimate of drug-likeness (QED) is 0.529. The molecular formula is C18H17BrN2O5. The molecule has 0 unspecified atom stereocenters. The van der Waals surface area contributed by atoms with Crippen LogP contribution in [-0.4, -0.2) is 36.4 Å². The van der Waals surface area contributed by atoms with Gasteiger partial charge in [-0.2, -0.15) is 5.10 Å². The molecule has 0 aromatic heterocycles. The topological polar surface area (TPSA) is 97.2 Å². The minimum atomic E-state index is -1.08. The average molecular weight is 421 g/mol. The van der Waals surface area contributed by atoms with Crippen LogP contribution in [0.1, 0.15) is 22.8 Å². The second-order valence-electron chi connectivity index (χ2n) is 5.22. The number of nitrogens with one attached hydrogen (secondary N) is 1. The van der Waals surface area contributed by atoms with Crippen LogP contribution in [0.15, 0.2) is 52.0 Å². The number of carbonyl (C=O) groups excluding carboxylic acids is 1. The first-order valence-electron chi connectivity index (χ1n) is 7.57. The standard InChI is InChI=1S/C18H17BrN2O5/c1-11(18(23)24)26-15-7-6-12(8-16(15)25-2)10-20-21-17(22)13-4-3-5-14(19)9-13/h3-11H,1-2H3,(H,21,22)(H,23,24)/b20-10-/t11-/m0/s1. The Hall–Kier alpha value is -2.87. The van der Waals surface area contributed by atoms with E-state index in [2.05, 4.69) is 26.5 Å². The summed E-state index contributed by atoms with van der Waals surface area (Å²) in [6.45, 7) is 1.43. The van der Waals surface area contributed by atoms with Crippen molar-refractivity contribution in [2.75, 3.05) is 7.11 Å². The number of carbonyl (C=O) groups is 2. The Morgan fingerprint density at radius 3 is 2.65 bits per heavy atom. The molecule has 136 valence electrons. The minimum absolute atomic E-state index is 0.303. The van der Waals surface area contributed by atoms with Gasteiger partial charge in [-0.25, -0.2) is 10.2 Å². The van der Waals surface area contributed by atoms with E-state index in [1.807, 2.05) is 6.07 Å². The molecule has 2 aromatic carbocycles. The van der Waals surface area contributed by atoms with Crippen LogP contribution in [0.2, 0.25) is 0 Å².